The fourth-order valence-electron chi connectivity index (χ4n) is 5.38. The highest BCUT2D eigenvalue weighted by Gasteiger charge is 2.60. The van der Waals surface area contributed by atoms with Crippen LogP contribution < -0.4 is 4.72 Å². The molecule has 1 fully saturated rings. The molecule has 2 aromatic heterocycles. The predicted octanol–water partition coefficient (Wildman–Crippen LogP) is 5.63. The molecule has 1 N–H and O–H groups in total. The number of hydrogen-bond acceptors (Lipinski definition) is 5. The minimum absolute atomic E-state index is 0.368. The van der Waals surface area contributed by atoms with Gasteiger partial charge in [0.15, 0.2) is 17.2 Å². The molecular weight excluding hydrogens is 563 g/mol. The third-order valence-electron chi connectivity index (χ3n) is 7.76. The molecule has 1 spiro atoms. The molecular formula is C29H31F5N4O2S. The molecule has 41 heavy (non-hydrogen) atoms. The highest BCUT2D eigenvalue weighted by molar-refractivity contribution is 7.84. The summed E-state index contributed by atoms with van der Waals surface area (Å²) in [6, 6.07) is 6.61. The number of alkyl halides is 3. The third-order valence-corrected chi connectivity index (χ3v) is 9.37. The Balaban J connectivity index is 1.41. The number of benzene rings is 1. The van der Waals surface area contributed by atoms with Gasteiger partial charge in [-0.3, -0.25) is 14.9 Å². The predicted molar refractivity (Wildman–Crippen MR) is 144 cm³/mol. The number of nitrogens with zero attached hydrogens (tertiary/aromatic N) is 3. The Hall–Kier alpha value is -2.80. The number of nitrogens with one attached hydrogen (secondary N) is 1. The molecule has 0 unspecified atom stereocenters. The molecule has 1 aromatic carbocycles. The number of piperidine rings is 1. The Morgan fingerprint density at radius 3 is 2.37 bits per heavy atom. The Bertz CT molecular complexity index is 1440. The van der Waals surface area contributed by atoms with Crippen molar-refractivity contribution >= 4 is 11.0 Å². The monoisotopic (exact) mass is 594 g/mol. The first-order chi connectivity index (χ1) is 19.2. The summed E-state index contributed by atoms with van der Waals surface area (Å²) >= 11 is 0. The van der Waals surface area contributed by atoms with Crippen LogP contribution in [0.3, 0.4) is 0 Å². The standard InChI is InChI=1S/C29H31F5N4O2S/c1-26(2,3)41(39)37-28(29(32,33)34,21-5-6-23(30)24(31)14-21)25-7-4-19(15-36-25)17-38-12-9-27(10-13-38)22-16-35-11-8-20(22)18-40-27/h4-8,11,14-16,37H,9-10,12-13,17-18H2,1-3H3/t28-,41+/m0/s1. The van der Waals surface area contributed by atoms with Crippen LogP contribution in [0.15, 0.2) is 55.0 Å². The first kappa shape index (κ1) is 29.7. The third kappa shape index (κ3) is 5.54. The normalized spacial score (nSPS) is 19.6. The second-order valence-corrected chi connectivity index (χ2v) is 13.5. The fourth-order valence-corrected chi connectivity index (χ4v) is 6.31. The van der Waals surface area contributed by atoms with Crippen molar-refractivity contribution < 1.29 is 30.9 Å². The lowest BCUT2D eigenvalue weighted by Crippen LogP contribution is -2.58. The average Bonchev–Trinajstić information content (AvgIpc) is 3.27. The summed E-state index contributed by atoms with van der Waals surface area (Å²) in [7, 11) is -2.25. The van der Waals surface area contributed by atoms with Crippen molar-refractivity contribution in [2.45, 2.75) is 68.8 Å². The summed E-state index contributed by atoms with van der Waals surface area (Å²) in [5.74, 6) is -2.75. The molecule has 2 aliphatic rings. The van der Waals surface area contributed by atoms with E-state index in [0.29, 0.717) is 43.9 Å². The van der Waals surface area contributed by atoms with Gasteiger partial charge in [0, 0.05) is 43.8 Å². The van der Waals surface area contributed by atoms with Crippen molar-refractivity contribution in [2.75, 3.05) is 13.1 Å². The molecule has 2 aliphatic heterocycles. The zero-order valence-electron chi connectivity index (χ0n) is 22.9. The minimum atomic E-state index is -5.11. The van der Waals surface area contributed by atoms with Crippen LogP contribution in [0.4, 0.5) is 22.0 Å². The fraction of sp³-hybridized carbons (Fsp3) is 0.448. The SMILES string of the molecule is CC(C)(C)[S@@](=O)N[C@@](c1ccc(F)c(F)c1)(c1ccc(CN2CCC3(CC2)OCc2ccncc23)cn1)C(F)(F)F. The van der Waals surface area contributed by atoms with Crippen molar-refractivity contribution in [3.05, 3.63) is 94.6 Å². The largest absolute Gasteiger partial charge is 0.417 e. The molecule has 12 heteroatoms. The van der Waals surface area contributed by atoms with E-state index < -0.39 is 50.3 Å². The molecule has 0 bridgehead atoms. The van der Waals surface area contributed by atoms with E-state index in [2.05, 4.69) is 19.6 Å². The van der Waals surface area contributed by atoms with E-state index in [1.165, 1.54) is 39.1 Å². The van der Waals surface area contributed by atoms with Crippen molar-refractivity contribution in [1.82, 2.24) is 19.6 Å². The van der Waals surface area contributed by atoms with Gasteiger partial charge in [0.2, 0.25) is 0 Å². The summed E-state index contributed by atoms with van der Waals surface area (Å²) in [4.78, 5) is 10.6. The van der Waals surface area contributed by atoms with Crippen molar-refractivity contribution in [3.8, 4) is 0 Å². The summed E-state index contributed by atoms with van der Waals surface area (Å²) < 4.78 is 93.2. The first-order valence-electron chi connectivity index (χ1n) is 13.2. The maximum absolute atomic E-state index is 15.0. The number of halogens is 5. The Labute approximate surface area is 237 Å². The molecule has 0 radical (unpaired) electrons. The van der Waals surface area contributed by atoms with Crippen molar-refractivity contribution in [1.29, 1.82) is 0 Å². The van der Waals surface area contributed by atoms with Gasteiger partial charge in [0.1, 0.15) is 0 Å². The molecule has 5 rings (SSSR count). The van der Waals surface area contributed by atoms with E-state index in [4.69, 9.17) is 4.74 Å². The lowest BCUT2D eigenvalue weighted by atomic mass is 9.84. The van der Waals surface area contributed by atoms with Crippen LogP contribution in [0, 0.1) is 11.6 Å². The number of pyridine rings is 2. The number of aromatic nitrogens is 2. The van der Waals surface area contributed by atoms with Crippen LogP contribution in [-0.2, 0) is 40.0 Å². The van der Waals surface area contributed by atoms with Gasteiger partial charge in [-0.1, -0.05) is 12.1 Å². The van der Waals surface area contributed by atoms with Crippen molar-refractivity contribution in [2.24, 2.45) is 0 Å². The molecule has 0 amide bonds. The molecule has 6 nitrogen and oxygen atoms in total. The first-order valence-corrected chi connectivity index (χ1v) is 14.4. The Kier molecular flexibility index (Phi) is 7.82. The van der Waals surface area contributed by atoms with Crippen LogP contribution in [0.25, 0.3) is 0 Å². The number of rotatable bonds is 6. The molecule has 3 aromatic rings. The maximum atomic E-state index is 15.0. The number of hydrogen-bond donors (Lipinski definition) is 1. The summed E-state index contributed by atoms with van der Waals surface area (Å²) in [6.45, 7) is 6.95. The molecule has 2 atom stereocenters. The summed E-state index contributed by atoms with van der Waals surface area (Å²) in [5, 5.41) is 0. The van der Waals surface area contributed by atoms with Gasteiger partial charge in [0.25, 0.3) is 0 Å². The number of likely N-dealkylation sites (tertiary alicyclic amines) is 1. The second-order valence-electron chi connectivity index (χ2n) is 11.5. The van der Waals surface area contributed by atoms with Gasteiger partial charge in [-0.2, -0.15) is 13.2 Å². The quantitative estimate of drug-likeness (QED) is 0.375. The van der Waals surface area contributed by atoms with Crippen LogP contribution >= 0.6 is 0 Å². The van der Waals surface area contributed by atoms with E-state index in [1.54, 1.807) is 6.20 Å². The molecule has 1 saturated heterocycles. The van der Waals surface area contributed by atoms with Gasteiger partial charge >= 0.3 is 6.18 Å². The molecule has 220 valence electrons. The summed E-state index contributed by atoms with van der Waals surface area (Å²) in [6.07, 6.45) is 1.36. The van der Waals surface area contributed by atoms with E-state index in [-0.39, 0.29) is 5.60 Å². The van der Waals surface area contributed by atoms with Crippen LogP contribution in [0.5, 0.6) is 0 Å². The van der Waals surface area contributed by atoms with Crippen LogP contribution in [0.2, 0.25) is 0 Å². The highest BCUT2D eigenvalue weighted by Crippen LogP contribution is 2.46. The van der Waals surface area contributed by atoms with Crippen molar-refractivity contribution in [3.63, 3.8) is 0 Å². The van der Waals surface area contributed by atoms with Gasteiger partial charge in [-0.05, 0) is 74.6 Å². The summed E-state index contributed by atoms with van der Waals surface area (Å²) in [5.41, 5.74) is -1.77. The Morgan fingerprint density at radius 2 is 1.76 bits per heavy atom. The topological polar surface area (TPSA) is 67.4 Å². The lowest BCUT2D eigenvalue weighted by Gasteiger charge is -2.39. The van der Waals surface area contributed by atoms with E-state index in [0.717, 1.165) is 30.0 Å². The zero-order valence-corrected chi connectivity index (χ0v) is 23.7. The smallest absolute Gasteiger partial charge is 0.365 e. The van der Waals surface area contributed by atoms with Gasteiger partial charge < -0.3 is 4.74 Å². The molecule has 0 aliphatic carbocycles. The van der Waals surface area contributed by atoms with E-state index >= 15 is 0 Å². The average molecular weight is 595 g/mol. The van der Waals surface area contributed by atoms with E-state index in [1.807, 2.05) is 12.3 Å². The Morgan fingerprint density at radius 1 is 1.02 bits per heavy atom. The second kappa shape index (κ2) is 10.8. The number of fused-ring (bicyclic) bond motifs is 2. The highest BCUT2D eigenvalue weighted by atomic mass is 32.2. The van der Waals surface area contributed by atoms with Crippen LogP contribution in [-0.4, -0.2) is 43.1 Å². The maximum Gasteiger partial charge on any atom is 0.417 e. The van der Waals surface area contributed by atoms with Gasteiger partial charge in [0.05, 0.1) is 33.6 Å². The molecule has 0 saturated carbocycles. The van der Waals surface area contributed by atoms with Gasteiger partial charge in [-0.25, -0.2) is 17.7 Å². The lowest BCUT2D eigenvalue weighted by molar-refractivity contribution is -0.182. The minimum Gasteiger partial charge on any atom is -0.365 e. The number of ether oxygens (including phenoxy) is 1. The van der Waals surface area contributed by atoms with Gasteiger partial charge in [-0.15, -0.1) is 0 Å². The zero-order chi connectivity index (χ0) is 29.6. The van der Waals surface area contributed by atoms with E-state index in [9.17, 15) is 26.2 Å². The molecule has 4 heterocycles. The van der Waals surface area contributed by atoms with Crippen LogP contribution in [0.1, 0.15) is 61.6 Å².